The lowest BCUT2D eigenvalue weighted by atomic mass is 9.98. The Morgan fingerprint density at radius 1 is 1.32 bits per heavy atom. The number of nitrogens with one attached hydrogen (secondary N) is 1. The number of carbonyl (C=O) groups is 1. The van der Waals surface area contributed by atoms with Crippen molar-refractivity contribution in [2.24, 2.45) is 0 Å². The third-order valence-electron chi connectivity index (χ3n) is 5.09. The van der Waals surface area contributed by atoms with Gasteiger partial charge in [-0.05, 0) is 50.4 Å². The van der Waals surface area contributed by atoms with E-state index in [9.17, 15) is 4.79 Å². The van der Waals surface area contributed by atoms with Crippen LogP contribution in [0.3, 0.4) is 0 Å². The van der Waals surface area contributed by atoms with E-state index in [1.54, 1.807) is 0 Å². The van der Waals surface area contributed by atoms with Gasteiger partial charge in [0.15, 0.2) is 5.69 Å². The van der Waals surface area contributed by atoms with Gasteiger partial charge in [-0.15, -0.1) is 5.10 Å². The van der Waals surface area contributed by atoms with Crippen LogP contribution in [0.5, 0.6) is 0 Å². The predicted octanol–water partition coefficient (Wildman–Crippen LogP) is 2.48. The smallest absolute Gasteiger partial charge is 0.273 e. The summed E-state index contributed by atoms with van der Waals surface area (Å²) >= 11 is 0. The third-order valence-corrected chi connectivity index (χ3v) is 5.09. The minimum absolute atomic E-state index is 0.137. The van der Waals surface area contributed by atoms with Crippen LogP contribution in [-0.2, 0) is 13.0 Å². The molecule has 6 nitrogen and oxygen atoms in total. The Hall–Kier alpha value is -2.21. The molecule has 134 valence electrons. The summed E-state index contributed by atoms with van der Waals surface area (Å²) in [6, 6.07) is 6.46. The molecule has 2 aromatic rings. The maximum atomic E-state index is 12.5. The maximum Gasteiger partial charge on any atom is 0.273 e. The van der Waals surface area contributed by atoms with Gasteiger partial charge in [-0.2, -0.15) is 0 Å². The van der Waals surface area contributed by atoms with E-state index in [4.69, 9.17) is 0 Å². The lowest BCUT2D eigenvalue weighted by Crippen LogP contribution is -2.34. The summed E-state index contributed by atoms with van der Waals surface area (Å²) in [7, 11) is 2.14. The van der Waals surface area contributed by atoms with Crippen LogP contribution in [0, 0.1) is 6.92 Å². The summed E-state index contributed by atoms with van der Waals surface area (Å²) in [6.45, 7) is 8.03. The van der Waals surface area contributed by atoms with Crippen molar-refractivity contribution < 1.29 is 4.79 Å². The standard InChI is InChI=1S/C19H27N5O/c1-5-15(6-2)20-19(25)18-13(3)24(22-21-18)17-9-7-8-14-12-23(4)11-10-16(14)17/h7-9,15H,5-6,10-12H2,1-4H3,(H,20,25). The van der Waals surface area contributed by atoms with Crippen molar-refractivity contribution in [2.75, 3.05) is 13.6 Å². The number of carbonyl (C=O) groups excluding carboxylic acids is 1. The fourth-order valence-electron chi connectivity index (χ4n) is 3.44. The van der Waals surface area contributed by atoms with E-state index in [0.29, 0.717) is 5.69 Å². The van der Waals surface area contributed by atoms with Crippen LogP contribution in [0.4, 0.5) is 0 Å². The second kappa shape index (κ2) is 7.35. The molecule has 1 aliphatic heterocycles. The van der Waals surface area contributed by atoms with Gasteiger partial charge >= 0.3 is 0 Å². The van der Waals surface area contributed by atoms with Crippen molar-refractivity contribution in [3.05, 3.63) is 40.7 Å². The third kappa shape index (κ3) is 3.44. The monoisotopic (exact) mass is 341 g/mol. The van der Waals surface area contributed by atoms with E-state index in [1.165, 1.54) is 11.1 Å². The highest BCUT2D eigenvalue weighted by molar-refractivity contribution is 5.93. The molecule has 25 heavy (non-hydrogen) atoms. The Balaban J connectivity index is 1.92. The number of aromatic nitrogens is 3. The molecule has 0 spiro atoms. The van der Waals surface area contributed by atoms with Crippen molar-refractivity contribution >= 4 is 5.91 Å². The second-order valence-corrected chi connectivity index (χ2v) is 6.82. The predicted molar refractivity (Wildman–Crippen MR) is 98.0 cm³/mol. The first-order chi connectivity index (χ1) is 12.0. The largest absolute Gasteiger partial charge is 0.348 e. The molecule has 0 atom stereocenters. The fourth-order valence-corrected chi connectivity index (χ4v) is 3.44. The molecule has 1 aromatic heterocycles. The minimum atomic E-state index is -0.137. The van der Waals surface area contributed by atoms with Crippen LogP contribution in [-0.4, -0.2) is 45.4 Å². The second-order valence-electron chi connectivity index (χ2n) is 6.82. The van der Waals surface area contributed by atoms with Gasteiger partial charge in [0.05, 0.1) is 11.4 Å². The van der Waals surface area contributed by atoms with Crippen LogP contribution in [0.25, 0.3) is 5.69 Å². The Kier molecular flexibility index (Phi) is 5.18. The van der Waals surface area contributed by atoms with E-state index in [2.05, 4.69) is 59.6 Å². The van der Waals surface area contributed by atoms with E-state index in [0.717, 1.165) is 43.7 Å². The summed E-state index contributed by atoms with van der Waals surface area (Å²) in [5, 5.41) is 11.5. The van der Waals surface area contributed by atoms with E-state index < -0.39 is 0 Å². The molecule has 1 aromatic carbocycles. The molecule has 1 aliphatic rings. The van der Waals surface area contributed by atoms with Gasteiger partial charge in [0.1, 0.15) is 0 Å². The molecular formula is C19H27N5O. The first kappa shape index (κ1) is 17.6. The number of likely N-dealkylation sites (N-methyl/N-ethyl adjacent to an activating group) is 1. The van der Waals surface area contributed by atoms with E-state index in [1.807, 2.05) is 11.6 Å². The number of benzene rings is 1. The topological polar surface area (TPSA) is 63.1 Å². The van der Waals surface area contributed by atoms with Crippen LogP contribution in [0.15, 0.2) is 18.2 Å². The van der Waals surface area contributed by atoms with Crippen LogP contribution in [0.1, 0.15) is 54.0 Å². The zero-order chi connectivity index (χ0) is 18.0. The van der Waals surface area contributed by atoms with Crippen molar-refractivity contribution in [2.45, 2.75) is 52.6 Å². The van der Waals surface area contributed by atoms with Gasteiger partial charge in [-0.1, -0.05) is 31.2 Å². The Labute approximate surface area is 149 Å². The van der Waals surface area contributed by atoms with E-state index >= 15 is 0 Å². The first-order valence-electron chi connectivity index (χ1n) is 9.08. The van der Waals surface area contributed by atoms with Crippen molar-refractivity contribution in [3.63, 3.8) is 0 Å². The fraction of sp³-hybridized carbons (Fsp3) is 0.526. The average Bonchev–Trinajstić information content (AvgIpc) is 3.00. The molecule has 0 fully saturated rings. The number of amides is 1. The van der Waals surface area contributed by atoms with Crippen LogP contribution in [0.2, 0.25) is 0 Å². The molecule has 0 bridgehead atoms. The molecule has 0 aliphatic carbocycles. The molecule has 0 unspecified atom stereocenters. The molecule has 6 heteroatoms. The SMILES string of the molecule is CCC(CC)NC(=O)c1nnn(-c2cccc3c2CCN(C)C3)c1C. The highest BCUT2D eigenvalue weighted by atomic mass is 16.2. The molecule has 0 saturated heterocycles. The van der Waals surface area contributed by atoms with Gasteiger partial charge < -0.3 is 10.2 Å². The van der Waals surface area contributed by atoms with Crippen molar-refractivity contribution in [3.8, 4) is 5.69 Å². The molecular weight excluding hydrogens is 314 g/mol. The van der Waals surface area contributed by atoms with Gasteiger partial charge in [0.2, 0.25) is 0 Å². The molecule has 1 N–H and O–H groups in total. The molecule has 1 amide bonds. The Morgan fingerprint density at radius 3 is 2.80 bits per heavy atom. The summed E-state index contributed by atoms with van der Waals surface area (Å²) in [5.41, 5.74) is 4.87. The zero-order valence-electron chi connectivity index (χ0n) is 15.5. The highest BCUT2D eigenvalue weighted by Crippen LogP contribution is 2.25. The summed E-state index contributed by atoms with van der Waals surface area (Å²) in [5.74, 6) is -0.137. The zero-order valence-corrected chi connectivity index (χ0v) is 15.5. The highest BCUT2D eigenvalue weighted by Gasteiger charge is 2.22. The number of rotatable bonds is 5. The lowest BCUT2D eigenvalue weighted by Gasteiger charge is -2.26. The molecule has 0 radical (unpaired) electrons. The molecule has 3 rings (SSSR count). The normalized spacial score (nSPS) is 14.6. The summed E-state index contributed by atoms with van der Waals surface area (Å²) < 4.78 is 1.81. The van der Waals surface area contributed by atoms with E-state index in [-0.39, 0.29) is 11.9 Å². The number of hydrogen-bond donors (Lipinski definition) is 1. The van der Waals surface area contributed by atoms with Crippen LogP contribution < -0.4 is 5.32 Å². The molecule has 0 saturated carbocycles. The Bertz CT molecular complexity index is 763. The summed E-state index contributed by atoms with van der Waals surface area (Å²) in [4.78, 5) is 14.9. The van der Waals surface area contributed by atoms with Gasteiger partial charge in [0.25, 0.3) is 5.91 Å². The number of hydrogen-bond acceptors (Lipinski definition) is 4. The average molecular weight is 341 g/mol. The van der Waals surface area contributed by atoms with Gasteiger partial charge in [-0.3, -0.25) is 4.79 Å². The van der Waals surface area contributed by atoms with Crippen molar-refractivity contribution in [1.82, 2.24) is 25.2 Å². The lowest BCUT2D eigenvalue weighted by molar-refractivity contribution is 0.0929. The Morgan fingerprint density at radius 2 is 2.08 bits per heavy atom. The van der Waals surface area contributed by atoms with Gasteiger partial charge in [0, 0.05) is 19.1 Å². The first-order valence-corrected chi connectivity index (χ1v) is 9.08. The van der Waals surface area contributed by atoms with Gasteiger partial charge in [-0.25, -0.2) is 4.68 Å². The maximum absolute atomic E-state index is 12.5. The quantitative estimate of drug-likeness (QED) is 0.907. The summed E-state index contributed by atoms with van der Waals surface area (Å²) in [6.07, 6.45) is 2.81. The van der Waals surface area contributed by atoms with Crippen LogP contribution >= 0.6 is 0 Å². The number of nitrogens with zero attached hydrogens (tertiary/aromatic N) is 4. The number of fused-ring (bicyclic) bond motifs is 1. The van der Waals surface area contributed by atoms with Crippen molar-refractivity contribution in [1.29, 1.82) is 0 Å². The molecule has 2 heterocycles. The minimum Gasteiger partial charge on any atom is -0.348 e.